The average molecular weight is 513 g/mol. The van der Waals surface area contributed by atoms with Crippen molar-refractivity contribution in [3.8, 4) is 0 Å². The van der Waals surface area contributed by atoms with Gasteiger partial charge in [-0.25, -0.2) is 0 Å². The summed E-state index contributed by atoms with van der Waals surface area (Å²) in [5, 5.41) is 7.25. The lowest BCUT2D eigenvalue weighted by Crippen LogP contribution is -2.61. The Balaban J connectivity index is 1.93. The standard InChI is InChI=1S/C31H48N2O4/c1-10-16-31(17-22-14-12-11-13-15-22,25(34)36-23-18-27(2,3)32-28(4,5)19-23)26(35)37-24-20-29(6,7)33-30(8,9)21-24/h10-15,23-24,32-33H,1,16-21H2,2-9H3. The van der Waals surface area contributed by atoms with Crippen LogP contribution in [0.1, 0.15) is 93.1 Å². The number of allylic oxidation sites excluding steroid dienone is 1. The van der Waals surface area contributed by atoms with Crippen molar-refractivity contribution in [2.45, 2.75) is 128 Å². The minimum atomic E-state index is -1.50. The van der Waals surface area contributed by atoms with Crippen LogP contribution >= 0.6 is 0 Å². The molecule has 2 aliphatic rings. The highest BCUT2D eigenvalue weighted by Gasteiger charge is 2.52. The Kier molecular flexibility index (Phi) is 8.36. The first-order valence-corrected chi connectivity index (χ1v) is 13.6. The van der Waals surface area contributed by atoms with Crippen LogP contribution in [0.3, 0.4) is 0 Å². The maximum Gasteiger partial charge on any atom is 0.324 e. The summed E-state index contributed by atoms with van der Waals surface area (Å²) in [6, 6.07) is 9.63. The van der Waals surface area contributed by atoms with E-state index in [1.807, 2.05) is 30.3 Å². The number of piperidine rings is 2. The van der Waals surface area contributed by atoms with Gasteiger partial charge in [-0.3, -0.25) is 9.59 Å². The lowest BCUT2D eigenvalue weighted by molar-refractivity contribution is -0.182. The highest BCUT2D eigenvalue weighted by molar-refractivity contribution is 6.00. The van der Waals surface area contributed by atoms with E-state index in [0.29, 0.717) is 25.7 Å². The molecule has 0 spiro atoms. The Morgan fingerprint density at radius 3 is 1.54 bits per heavy atom. The third-order valence-electron chi connectivity index (χ3n) is 7.48. The van der Waals surface area contributed by atoms with E-state index in [9.17, 15) is 9.59 Å². The van der Waals surface area contributed by atoms with Crippen LogP contribution in [0.5, 0.6) is 0 Å². The highest BCUT2D eigenvalue weighted by atomic mass is 16.6. The molecule has 0 aromatic heterocycles. The number of benzene rings is 1. The highest BCUT2D eigenvalue weighted by Crippen LogP contribution is 2.38. The number of hydrogen-bond acceptors (Lipinski definition) is 6. The van der Waals surface area contributed by atoms with Gasteiger partial charge in [0.2, 0.25) is 0 Å². The molecule has 37 heavy (non-hydrogen) atoms. The summed E-state index contributed by atoms with van der Waals surface area (Å²) in [6.45, 7) is 20.8. The van der Waals surface area contributed by atoms with Gasteiger partial charge in [-0.1, -0.05) is 36.4 Å². The third-order valence-corrected chi connectivity index (χ3v) is 7.48. The van der Waals surface area contributed by atoms with Gasteiger partial charge in [0, 0.05) is 47.8 Å². The molecule has 0 atom stereocenters. The van der Waals surface area contributed by atoms with Crippen molar-refractivity contribution >= 4 is 11.9 Å². The maximum atomic E-state index is 14.1. The number of ether oxygens (including phenoxy) is 2. The van der Waals surface area contributed by atoms with E-state index >= 15 is 0 Å². The van der Waals surface area contributed by atoms with Crippen LogP contribution < -0.4 is 10.6 Å². The molecule has 2 aliphatic heterocycles. The van der Waals surface area contributed by atoms with E-state index in [1.54, 1.807) is 6.08 Å². The summed E-state index contributed by atoms with van der Waals surface area (Å²) in [5.74, 6) is -1.04. The summed E-state index contributed by atoms with van der Waals surface area (Å²) in [7, 11) is 0. The van der Waals surface area contributed by atoms with Gasteiger partial charge in [0.25, 0.3) is 0 Å². The summed E-state index contributed by atoms with van der Waals surface area (Å²) >= 11 is 0. The molecule has 1 aromatic carbocycles. The molecule has 0 bridgehead atoms. The summed E-state index contributed by atoms with van der Waals surface area (Å²) in [4.78, 5) is 28.2. The van der Waals surface area contributed by atoms with E-state index in [4.69, 9.17) is 9.47 Å². The van der Waals surface area contributed by atoms with Crippen molar-refractivity contribution in [2.75, 3.05) is 0 Å². The first-order valence-electron chi connectivity index (χ1n) is 13.6. The quantitative estimate of drug-likeness (QED) is 0.272. The molecule has 6 nitrogen and oxygen atoms in total. The lowest BCUT2D eigenvalue weighted by Gasteiger charge is -2.47. The molecule has 1 aromatic rings. The van der Waals surface area contributed by atoms with E-state index in [-0.39, 0.29) is 47.2 Å². The normalized spacial score (nSPS) is 23.1. The number of hydrogen-bond donors (Lipinski definition) is 2. The van der Waals surface area contributed by atoms with E-state index in [1.165, 1.54) is 0 Å². The van der Waals surface area contributed by atoms with Gasteiger partial charge in [-0.15, -0.1) is 6.58 Å². The molecule has 206 valence electrons. The average Bonchev–Trinajstić information content (AvgIpc) is 2.69. The molecule has 0 amide bonds. The largest absolute Gasteiger partial charge is 0.461 e. The molecule has 3 rings (SSSR count). The molecule has 0 saturated carbocycles. The number of carbonyl (C=O) groups is 2. The smallest absolute Gasteiger partial charge is 0.324 e. The lowest BCUT2D eigenvalue weighted by atomic mass is 9.77. The maximum absolute atomic E-state index is 14.1. The summed E-state index contributed by atoms with van der Waals surface area (Å²) < 4.78 is 12.4. The Morgan fingerprint density at radius 2 is 1.19 bits per heavy atom. The second kappa shape index (κ2) is 10.5. The molecule has 2 N–H and O–H groups in total. The second-order valence-electron chi connectivity index (χ2n) is 13.9. The fraction of sp³-hybridized carbons (Fsp3) is 0.677. The van der Waals surface area contributed by atoms with Crippen molar-refractivity contribution < 1.29 is 19.1 Å². The van der Waals surface area contributed by atoms with Gasteiger partial charge >= 0.3 is 11.9 Å². The summed E-state index contributed by atoms with van der Waals surface area (Å²) in [6.07, 6.45) is 4.06. The molecular formula is C31H48N2O4. The van der Waals surface area contributed by atoms with Crippen molar-refractivity contribution in [1.29, 1.82) is 0 Å². The zero-order valence-corrected chi connectivity index (χ0v) is 24.2. The Bertz CT molecular complexity index is 896. The van der Waals surface area contributed by atoms with Gasteiger partial charge in [0.05, 0.1) is 0 Å². The van der Waals surface area contributed by atoms with Gasteiger partial charge in [-0.05, 0) is 73.8 Å². The number of carbonyl (C=O) groups excluding carboxylic acids is 2. The molecule has 0 aliphatic carbocycles. The van der Waals surface area contributed by atoms with Crippen LogP contribution in [0.4, 0.5) is 0 Å². The zero-order chi connectivity index (χ0) is 27.7. The topological polar surface area (TPSA) is 76.7 Å². The van der Waals surface area contributed by atoms with Gasteiger partial charge in [0.1, 0.15) is 12.2 Å². The molecule has 0 radical (unpaired) electrons. The van der Waals surface area contributed by atoms with Crippen molar-refractivity contribution in [3.05, 3.63) is 48.6 Å². The fourth-order valence-corrected chi connectivity index (χ4v) is 6.81. The van der Waals surface area contributed by atoms with Crippen LogP contribution in [0.2, 0.25) is 0 Å². The van der Waals surface area contributed by atoms with Gasteiger partial charge in [0.15, 0.2) is 5.41 Å². The molecule has 2 saturated heterocycles. The Morgan fingerprint density at radius 1 is 0.811 bits per heavy atom. The summed E-state index contributed by atoms with van der Waals surface area (Å²) in [5.41, 5.74) is -1.39. The molecule has 6 heteroatoms. The van der Waals surface area contributed by atoms with Crippen LogP contribution in [-0.4, -0.2) is 46.3 Å². The van der Waals surface area contributed by atoms with Gasteiger partial charge < -0.3 is 20.1 Å². The number of rotatable bonds is 8. The van der Waals surface area contributed by atoms with Crippen LogP contribution in [0.15, 0.2) is 43.0 Å². The molecule has 2 fully saturated rings. The monoisotopic (exact) mass is 512 g/mol. The Labute approximate surface area is 224 Å². The van der Waals surface area contributed by atoms with Crippen LogP contribution in [0.25, 0.3) is 0 Å². The van der Waals surface area contributed by atoms with Gasteiger partial charge in [-0.2, -0.15) is 0 Å². The molecule has 0 unspecified atom stereocenters. The first-order chi connectivity index (χ1) is 17.0. The minimum Gasteiger partial charge on any atom is -0.461 e. The molecule has 2 heterocycles. The SMILES string of the molecule is C=CCC(Cc1ccccc1)(C(=O)OC1CC(C)(C)NC(C)(C)C1)C(=O)OC1CC(C)(C)NC(C)(C)C1. The first kappa shape index (κ1) is 29.4. The Hall–Kier alpha value is -2.18. The number of esters is 2. The predicted octanol–water partition coefficient (Wildman–Crippen LogP) is 5.50. The minimum absolute atomic E-state index is 0.148. The predicted molar refractivity (Wildman–Crippen MR) is 148 cm³/mol. The van der Waals surface area contributed by atoms with E-state index < -0.39 is 17.4 Å². The van der Waals surface area contributed by atoms with E-state index in [2.05, 4.69) is 72.6 Å². The third kappa shape index (κ3) is 7.67. The zero-order valence-electron chi connectivity index (χ0n) is 24.2. The second-order valence-corrected chi connectivity index (χ2v) is 13.9. The van der Waals surface area contributed by atoms with Crippen LogP contribution in [0, 0.1) is 5.41 Å². The van der Waals surface area contributed by atoms with Crippen molar-refractivity contribution in [2.24, 2.45) is 5.41 Å². The number of nitrogens with one attached hydrogen (secondary N) is 2. The van der Waals surface area contributed by atoms with Crippen molar-refractivity contribution in [1.82, 2.24) is 10.6 Å². The fourth-order valence-electron chi connectivity index (χ4n) is 6.81. The van der Waals surface area contributed by atoms with E-state index in [0.717, 1.165) is 5.56 Å². The van der Waals surface area contributed by atoms with Crippen LogP contribution in [-0.2, 0) is 25.5 Å². The molecular weight excluding hydrogens is 464 g/mol. The van der Waals surface area contributed by atoms with Crippen molar-refractivity contribution in [3.63, 3.8) is 0 Å².